The van der Waals surface area contributed by atoms with Crippen molar-refractivity contribution in [2.24, 2.45) is 0 Å². The van der Waals surface area contributed by atoms with Crippen LogP contribution in [-0.4, -0.2) is 34.8 Å². The molecule has 2 amide bonds. The number of hydrogen-bond donors (Lipinski definition) is 2. The van der Waals surface area contributed by atoms with E-state index in [4.69, 9.17) is 0 Å². The largest absolute Gasteiger partial charge is 0.358 e. The molecular weight excluding hydrogens is 458 g/mol. The highest BCUT2D eigenvalue weighted by atomic mass is 16.2. The Labute approximate surface area is 222 Å². The first-order valence-corrected chi connectivity index (χ1v) is 13.3. The number of carbonyl (C=O) groups excluding carboxylic acids is 2. The third-order valence-electron chi connectivity index (χ3n) is 6.64. The highest BCUT2D eigenvalue weighted by Crippen LogP contribution is 2.32. The van der Waals surface area contributed by atoms with Gasteiger partial charge in [-0.2, -0.15) is 0 Å². The summed E-state index contributed by atoms with van der Waals surface area (Å²) < 4.78 is 0. The maximum atomic E-state index is 13.1. The maximum absolute atomic E-state index is 13.1. The fourth-order valence-corrected chi connectivity index (χ4v) is 4.90. The summed E-state index contributed by atoms with van der Waals surface area (Å²) in [6.07, 6.45) is 10.5. The quantitative estimate of drug-likeness (QED) is 0.345. The maximum Gasteiger partial charge on any atom is 0.256 e. The standard InChI is InChI=1S/C24H31N3O2.C8H10/c1-5-10-16(3)22-19(23(28)26-20(22)11-6-2)15-21-18(14-17(4)25-21)24(29)27-12-8-7-9-13-27;1-7-4-3-5-8(2)6-7/h5,11,14-15,25H,1,6-10,12-13H2,2-4H3,(H,26,28);3-6H,1-2H3/b19-15-,20-11+,22-16-;. The molecule has 2 aliphatic heterocycles. The number of likely N-dealkylation sites (tertiary alicyclic amines) is 1. The van der Waals surface area contributed by atoms with Crippen molar-refractivity contribution in [1.29, 1.82) is 0 Å². The predicted molar refractivity (Wildman–Crippen MR) is 153 cm³/mol. The summed E-state index contributed by atoms with van der Waals surface area (Å²) in [5.41, 5.74) is 8.36. The van der Waals surface area contributed by atoms with E-state index >= 15 is 0 Å². The van der Waals surface area contributed by atoms with Crippen molar-refractivity contribution in [2.45, 2.75) is 66.7 Å². The Kier molecular flexibility index (Phi) is 9.90. The summed E-state index contributed by atoms with van der Waals surface area (Å²) in [7, 11) is 0. The van der Waals surface area contributed by atoms with Crippen molar-refractivity contribution in [3.05, 3.63) is 99.6 Å². The van der Waals surface area contributed by atoms with Gasteiger partial charge in [0.15, 0.2) is 0 Å². The Bertz CT molecular complexity index is 1220. The minimum absolute atomic E-state index is 0.0389. The highest BCUT2D eigenvalue weighted by molar-refractivity contribution is 6.10. The lowest BCUT2D eigenvalue weighted by Crippen LogP contribution is -2.35. The van der Waals surface area contributed by atoms with Gasteiger partial charge in [-0.15, -0.1) is 6.58 Å². The summed E-state index contributed by atoms with van der Waals surface area (Å²) in [5.74, 6) is -0.0938. The SMILES string of the molecule is C=CC/C(C)=C1C(=C/c2[nH]c(C)cc2C(=O)N2CCCCC2)/C(=O)NC/1=C/CC.Cc1cccc(C)c1. The number of aromatic nitrogens is 1. The van der Waals surface area contributed by atoms with Gasteiger partial charge in [0.1, 0.15) is 0 Å². The second-order valence-corrected chi connectivity index (χ2v) is 9.98. The molecule has 2 aliphatic rings. The Hall–Kier alpha value is -3.60. The lowest BCUT2D eigenvalue weighted by atomic mass is 9.97. The summed E-state index contributed by atoms with van der Waals surface area (Å²) in [6.45, 7) is 15.6. The van der Waals surface area contributed by atoms with E-state index in [9.17, 15) is 9.59 Å². The number of hydrogen-bond acceptors (Lipinski definition) is 2. The zero-order valence-electron chi connectivity index (χ0n) is 23.0. The van der Waals surface area contributed by atoms with E-state index < -0.39 is 0 Å². The molecule has 0 radical (unpaired) electrons. The lowest BCUT2D eigenvalue weighted by Gasteiger charge is -2.26. The van der Waals surface area contributed by atoms with Gasteiger partial charge in [-0.25, -0.2) is 0 Å². The van der Waals surface area contributed by atoms with E-state index in [2.05, 4.69) is 55.0 Å². The van der Waals surface area contributed by atoms with Gasteiger partial charge in [0.2, 0.25) is 0 Å². The molecule has 37 heavy (non-hydrogen) atoms. The average Bonchev–Trinajstić information content (AvgIpc) is 3.38. The average molecular weight is 500 g/mol. The molecule has 2 aromatic rings. The molecule has 5 heteroatoms. The third-order valence-corrected chi connectivity index (χ3v) is 6.64. The van der Waals surface area contributed by atoms with Crippen molar-refractivity contribution >= 4 is 17.9 Å². The van der Waals surface area contributed by atoms with Gasteiger partial charge in [0.25, 0.3) is 11.8 Å². The molecule has 196 valence electrons. The third kappa shape index (κ3) is 7.22. The van der Waals surface area contributed by atoms with Crippen molar-refractivity contribution in [1.82, 2.24) is 15.2 Å². The number of amides is 2. The fourth-order valence-electron chi connectivity index (χ4n) is 4.90. The van der Waals surface area contributed by atoms with Crippen LogP contribution in [0, 0.1) is 20.8 Å². The first-order valence-electron chi connectivity index (χ1n) is 13.3. The summed E-state index contributed by atoms with van der Waals surface area (Å²) in [6, 6.07) is 10.3. The van der Waals surface area contributed by atoms with Crippen LogP contribution in [0.2, 0.25) is 0 Å². The molecule has 1 aromatic heterocycles. The van der Waals surface area contributed by atoms with Crippen LogP contribution in [0.25, 0.3) is 6.08 Å². The van der Waals surface area contributed by atoms with Crippen LogP contribution in [0.1, 0.15) is 78.8 Å². The zero-order valence-corrected chi connectivity index (χ0v) is 23.0. The van der Waals surface area contributed by atoms with Crippen LogP contribution in [0.4, 0.5) is 0 Å². The van der Waals surface area contributed by atoms with Crippen molar-refractivity contribution in [3.63, 3.8) is 0 Å². The van der Waals surface area contributed by atoms with E-state index in [1.165, 1.54) is 17.5 Å². The molecule has 0 unspecified atom stereocenters. The summed E-state index contributed by atoms with van der Waals surface area (Å²) in [4.78, 5) is 31.1. The zero-order chi connectivity index (χ0) is 26.9. The first kappa shape index (κ1) is 28.0. The number of aryl methyl sites for hydroxylation is 3. The van der Waals surface area contributed by atoms with Gasteiger partial charge >= 0.3 is 0 Å². The van der Waals surface area contributed by atoms with Gasteiger partial charge in [0.05, 0.1) is 16.8 Å². The Morgan fingerprint density at radius 1 is 1.08 bits per heavy atom. The van der Waals surface area contributed by atoms with E-state index in [1.807, 2.05) is 50.0 Å². The second-order valence-electron chi connectivity index (χ2n) is 9.98. The second kappa shape index (κ2) is 13.1. The number of nitrogens with one attached hydrogen (secondary N) is 2. The number of benzene rings is 1. The molecule has 2 fully saturated rings. The highest BCUT2D eigenvalue weighted by Gasteiger charge is 2.30. The Balaban J connectivity index is 0.000000405. The number of H-pyrrole nitrogens is 1. The topological polar surface area (TPSA) is 65.2 Å². The molecular formula is C32H41N3O2. The van der Waals surface area contributed by atoms with Gasteiger partial charge in [-0.1, -0.05) is 60.0 Å². The van der Waals surface area contributed by atoms with Crippen molar-refractivity contribution in [3.8, 4) is 0 Å². The number of allylic oxidation sites excluding steroid dienone is 4. The van der Waals surface area contributed by atoms with E-state index in [0.717, 1.165) is 54.9 Å². The smallest absolute Gasteiger partial charge is 0.256 e. The Morgan fingerprint density at radius 2 is 1.76 bits per heavy atom. The number of rotatable bonds is 5. The monoisotopic (exact) mass is 499 g/mol. The molecule has 3 heterocycles. The number of carbonyl (C=O) groups is 2. The van der Waals surface area contributed by atoms with Crippen LogP contribution in [-0.2, 0) is 4.79 Å². The fraction of sp³-hybridized carbons (Fsp3) is 0.375. The van der Waals surface area contributed by atoms with E-state index in [1.54, 1.807) is 0 Å². The lowest BCUT2D eigenvalue weighted by molar-refractivity contribution is -0.115. The molecule has 5 nitrogen and oxygen atoms in total. The predicted octanol–water partition coefficient (Wildman–Crippen LogP) is 6.95. The number of piperidine rings is 1. The molecule has 1 aromatic carbocycles. The Morgan fingerprint density at radius 3 is 2.32 bits per heavy atom. The molecule has 2 saturated heterocycles. The van der Waals surface area contributed by atoms with Crippen LogP contribution < -0.4 is 5.32 Å². The van der Waals surface area contributed by atoms with Crippen molar-refractivity contribution < 1.29 is 9.59 Å². The molecule has 4 rings (SSSR count). The number of nitrogens with zero attached hydrogens (tertiary/aromatic N) is 1. The minimum atomic E-state index is -0.133. The van der Waals surface area contributed by atoms with Gasteiger partial charge in [0, 0.05) is 30.1 Å². The number of aromatic amines is 1. The molecule has 0 saturated carbocycles. The molecule has 0 atom stereocenters. The molecule has 0 spiro atoms. The van der Waals surface area contributed by atoms with Crippen LogP contribution >= 0.6 is 0 Å². The van der Waals surface area contributed by atoms with Gasteiger partial charge < -0.3 is 15.2 Å². The van der Waals surface area contributed by atoms with Gasteiger partial charge in [-0.05, 0) is 71.9 Å². The molecule has 0 aliphatic carbocycles. The van der Waals surface area contributed by atoms with Crippen LogP contribution in [0.15, 0.2) is 71.5 Å². The van der Waals surface area contributed by atoms with Crippen LogP contribution in [0.3, 0.4) is 0 Å². The summed E-state index contributed by atoms with van der Waals surface area (Å²) >= 11 is 0. The van der Waals surface area contributed by atoms with Crippen molar-refractivity contribution in [2.75, 3.05) is 13.1 Å². The molecule has 2 N–H and O–H groups in total. The normalized spacial score (nSPS) is 18.9. The summed E-state index contributed by atoms with van der Waals surface area (Å²) in [5, 5.41) is 2.99. The molecule has 0 bridgehead atoms. The first-order chi connectivity index (χ1) is 17.7. The minimum Gasteiger partial charge on any atom is -0.358 e. The van der Waals surface area contributed by atoms with E-state index in [-0.39, 0.29) is 11.8 Å². The van der Waals surface area contributed by atoms with Crippen LogP contribution in [0.5, 0.6) is 0 Å². The van der Waals surface area contributed by atoms with Gasteiger partial charge in [-0.3, -0.25) is 9.59 Å². The van der Waals surface area contributed by atoms with E-state index in [0.29, 0.717) is 23.3 Å².